The molecule has 1 aliphatic rings. The average Bonchev–Trinajstić information content (AvgIpc) is 3.53. The number of carbonyl (C=O) groups excluding carboxylic acids is 1. The summed E-state index contributed by atoms with van der Waals surface area (Å²) >= 11 is 0. The molecule has 1 amide bonds. The van der Waals surface area contributed by atoms with Crippen molar-refractivity contribution in [3.05, 3.63) is 65.4 Å². The number of hydrogen-bond acceptors (Lipinski definition) is 4. The molecule has 0 aliphatic heterocycles. The van der Waals surface area contributed by atoms with Crippen LogP contribution in [0.1, 0.15) is 32.3 Å². The minimum atomic E-state index is -3.06. The minimum Gasteiger partial charge on any atom is -0.435 e. The molecule has 9 heteroatoms. The van der Waals surface area contributed by atoms with Crippen LogP contribution in [0.2, 0.25) is 0 Å². The van der Waals surface area contributed by atoms with Gasteiger partial charge in [0.15, 0.2) is 0 Å². The van der Waals surface area contributed by atoms with E-state index in [1.54, 1.807) is 0 Å². The van der Waals surface area contributed by atoms with E-state index in [0.29, 0.717) is 11.4 Å². The average molecular weight is 449 g/mol. The Labute approximate surface area is 183 Å². The molecule has 0 unspecified atom stereocenters. The lowest BCUT2D eigenvalue weighted by atomic mass is 10.0. The van der Waals surface area contributed by atoms with Gasteiger partial charge in [-0.15, -0.1) is 0 Å². The number of anilines is 2. The van der Waals surface area contributed by atoms with E-state index in [2.05, 4.69) is 15.4 Å². The van der Waals surface area contributed by atoms with E-state index >= 15 is 0 Å². The van der Waals surface area contributed by atoms with Gasteiger partial charge in [-0.05, 0) is 62.1 Å². The number of rotatable bonds is 9. The highest BCUT2D eigenvalue weighted by Crippen LogP contribution is 2.39. The minimum absolute atomic E-state index is 0.00342. The van der Waals surface area contributed by atoms with Crippen molar-refractivity contribution in [1.29, 1.82) is 5.41 Å². The number of amides is 1. The lowest BCUT2D eigenvalue weighted by molar-refractivity contribution is -0.112. The van der Waals surface area contributed by atoms with Gasteiger partial charge < -0.3 is 20.8 Å². The summed E-state index contributed by atoms with van der Waals surface area (Å²) in [5, 5.41) is 13.9. The molecule has 1 aliphatic carbocycles. The Balaban J connectivity index is 1.87. The lowest BCUT2D eigenvalue weighted by Crippen LogP contribution is -2.24. The van der Waals surface area contributed by atoms with Gasteiger partial charge in [-0.1, -0.05) is 12.1 Å². The fourth-order valence-electron chi connectivity index (χ4n) is 3.17. The van der Waals surface area contributed by atoms with Gasteiger partial charge in [0.2, 0.25) is 0 Å². The van der Waals surface area contributed by atoms with Crippen molar-refractivity contribution in [3.8, 4) is 5.75 Å². The number of allylic oxidation sites excluding steroid dienone is 1. The van der Waals surface area contributed by atoms with Gasteiger partial charge in [0, 0.05) is 35.3 Å². The van der Waals surface area contributed by atoms with Gasteiger partial charge in [0.1, 0.15) is 5.75 Å². The molecule has 0 atom stereocenters. The van der Waals surface area contributed by atoms with Crippen molar-refractivity contribution in [1.82, 2.24) is 0 Å². The Morgan fingerprint density at radius 3 is 2.28 bits per heavy atom. The van der Waals surface area contributed by atoms with E-state index in [1.807, 2.05) is 0 Å². The van der Waals surface area contributed by atoms with Crippen LogP contribution < -0.4 is 15.4 Å². The van der Waals surface area contributed by atoms with Crippen molar-refractivity contribution >= 4 is 23.0 Å². The van der Waals surface area contributed by atoms with Gasteiger partial charge in [-0.25, -0.2) is 8.78 Å². The summed E-state index contributed by atoms with van der Waals surface area (Å²) in [5.41, 5.74) is 1.12. The molecule has 5 nitrogen and oxygen atoms in total. The zero-order valence-corrected chi connectivity index (χ0v) is 17.5. The highest BCUT2D eigenvalue weighted by atomic mass is 19.3. The summed E-state index contributed by atoms with van der Waals surface area (Å²) in [4.78, 5) is 13.0. The Kier molecular flexibility index (Phi) is 6.86. The second kappa shape index (κ2) is 9.42. The third-order valence-corrected chi connectivity index (χ3v) is 4.84. The predicted molar refractivity (Wildman–Crippen MR) is 114 cm³/mol. The van der Waals surface area contributed by atoms with E-state index < -0.39 is 18.4 Å². The Hall–Kier alpha value is -3.36. The van der Waals surface area contributed by atoms with Crippen LogP contribution in [-0.4, -0.2) is 18.2 Å². The second-order valence-electron chi connectivity index (χ2n) is 7.64. The van der Waals surface area contributed by atoms with Crippen LogP contribution in [0.15, 0.2) is 59.8 Å². The van der Waals surface area contributed by atoms with E-state index in [0.717, 1.165) is 19.8 Å². The van der Waals surface area contributed by atoms with Crippen LogP contribution in [0.3, 0.4) is 0 Å². The molecule has 2 aromatic rings. The summed E-state index contributed by atoms with van der Waals surface area (Å²) in [6.07, 6.45) is 1.63. The maximum atomic E-state index is 13.6. The maximum Gasteiger partial charge on any atom is 0.387 e. The summed E-state index contributed by atoms with van der Waals surface area (Å²) in [5.74, 6) is -3.63. The second-order valence-corrected chi connectivity index (χ2v) is 7.64. The number of carbonyl (C=O) groups is 1. The topological polar surface area (TPSA) is 74.2 Å². The first kappa shape index (κ1) is 23.3. The highest BCUT2D eigenvalue weighted by molar-refractivity contribution is 6.24. The summed E-state index contributed by atoms with van der Waals surface area (Å²) in [6, 6.07) is 11.2. The SMILES string of the molecule is CC(=N)/C(C(=O)Nc1cccc(C(C)(F)F)c1)=C(\Nc1ccc(OC(F)F)cc1)C1CC1. The Bertz CT molecular complexity index is 1030. The van der Waals surface area contributed by atoms with Gasteiger partial charge in [-0.2, -0.15) is 8.78 Å². The van der Waals surface area contributed by atoms with E-state index in [-0.39, 0.29) is 34.2 Å². The first-order chi connectivity index (χ1) is 15.0. The molecule has 3 N–H and O–H groups in total. The number of halogens is 4. The van der Waals surface area contributed by atoms with Crippen LogP contribution in [0.25, 0.3) is 0 Å². The molecular weight excluding hydrogens is 426 g/mol. The third kappa shape index (κ3) is 6.09. The van der Waals surface area contributed by atoms with Crippen molar-refractivity contribution in [2.24, 2.45) is 5.92 Å². The Morgan fingerprint density at radius 2 is 1.75 bits per heavy atom. The first-order valence-corrected chi connectivity index (χ1v) is 9.96. The number of hydrogen-bond donors (Lipinski definition) is 3. The lowest BCUT2D eigenvalue weighted by Gasteiger charge is -2.18. The largest absolute Gasteiger partial charge is 0.435 e. The monoisotopic (exact) mass is 449 g/mol. The smallest absolute Gasteiger partial charge is 0.387 e. The molecule has 1 fully saturated rings. The van der Waals surface area contributed by atoms with Crippen molar-refractivity contribution < 1.29 is 27.1 Å². The Morgan fingerprint density at radius 1 is 1.09 bits per heavy atom. The molecule has 0 spiro atoms. The molecule has 0 radical (unpaired) electrons. The number of ether oxygens (including phenoxy) is 1. The van der Waals surface area contributed by atoms with Gasteiger partial charge in [-0.3, -0.25) is 4.79 Å². The molecule has 3 rings (SSSR count). The number of benzene rings is 2. The molecule has 32 heavy (non-hydrogen) atoms. The van der Waals surface area contributed by atoms with Crippen molar-refractivity contribution in [2.45, 2.75) is 39.2 Å². The molecule has 170 valence electrons. The van der Waals surface area contributed by atoms with Gasteiger partial charge in [0.05, 0.1) is 5.57 Å². The maximum absolute atomic E-state index is 13.6. The molecule has 2 aromatic carbocycles. The van der Waals surface area contributed by atoms with Crippen molar-refractivity contribution in [2.75, 3.05) is 10.6 Å². The molecule has 0 saturated heterocycles. The number of nitrogens with one attached hydrogen (secondary N) is 3. The molecular formula is C23H23F4N3O2. The predicted octanol–water partition coefficient (Wildman–Crippen LogP) is 6.15. The summed E-state index contributed by atoms with van der Waals surface area (Å²) < 4.78 is 56.3. The highest BCUT2D eigenvalue weighted by Gasteiger charge is 2.32. The van der Waals surface area contributed by atoms with E-state index in [9.17, 15) is 22.4 Å². The van der Waals surface area contributed by atoms with Crippen LogP contribution in [0, 0.1) is 11.3 Å². The van der Waals surface area contributed by atoms with E-state index in [4.69, 9.17) is 5.41 Å². The third-order valence-electron chi connectivity index (χ3n) is 4.84. The van der Waals surface area contributed by atoms with Crippen molar-refractivity contribution in [3.63, 3.8) is 0 Å². The van der Waals surface area contributed by atoms with Gasteiger partial charge in [0.25, 0.3) is 11.8 Å². The molecule has 1 saturated carbocycles. The summed E-state index contributed by atoms with van der Waals surface area (Å²) in [7, 11) is 0. The number of alkyl halides is 4. The van der Waals surface area contributed by atoms with Crippen LogP contribution in [0.4, 0.5) is 28.9 Å². The fourth-order valence-corrected chi connectivity index (χ4v) is 3.17. The standard InChI is InChI=1S/C23H23F4N3O2/c1-13(28)19(21(31)30-17-5-3-4-15(12-17)23(2,26)27)20(14-6-7-14)29-16-8-10-18(11-9-16)32-22(24)25/h3-5,8-12,14,22,28-29H,6-7H2,1-2H3,(H,30,31)/b20-19+,28-13?. The normalized spacial score (nSPS) is 14.6. The molecule has 0 aromatic heterocycles. The molecule has 0 heterocycles. The van der Waals surface area contributed by atoms with Crippen LogP contribution in [0.5, 0.6) is 5.75 Å². The van der Waals surface area contributed by atoms with Crippen LogP contribution >= 0.6 is 0 Å². The zero-order valence-electron chi connectivity index (χ0n) is 17.5. The quantitative estimate of drug-likeness (QED) is 0.244. The molecule has 0 bridgehead atoms. The first-order valence-electron chi connectivity index (χ1n) is 9.96. The van der Waals surface area contributed by atoms with E-state index in [1.165, 1.54) is 55.5 Å². The van der Waals surface area contributed by atoms with Gasteiger partial charge >= 0.3 is 6.61 Å². The zero-order chi connectivity index (χ0) is 23.5. The van der Waals surface area contributed by atoms with Crippen LogP contribution in [-0.2, 0) is 10.7 Å². The fraction of sp³-hybridized carbons (Fsp3) is 0.304. The summed E-state index contributed by atoms with van der Waals surface area (Å²) in [6.45, 7) is -0.694.